The lowest BCUT2D eigenvalue weighted by Crippen LogP contribution is -2.31. The average Bonchev–Trinajstić information content (AvgIpc) is 2.71. The van der Waals surface area contributed by atoms with Crippen LogP contribution in [-0.4, -0.2) is 43.7 Å². The Morgan fingerprint density at radius 3 is 2.41 bits per heavy atom. The molecule has 1 amide bonds. The van der Waals surface area contributed by atoms with Crippen molar-refractivity contribution in [3.63, 3.8) is 0 Å². The number of esters is 1. The summed E-state index contributed by atoms with van der Waals surface area (Å²) in [7, 11) is 0. The van der Waals surface area contributed by atoms with Gasteiger partial charge in [0.05, 0.1) is 12.2 Å². The molecule has 7 heteroatoms. The number of hydrogen-bond donors (Lipinski definition) is 1. The molecule has 0 bridgehead atoms. The molecule has 0 aliphatic rings. The van der Waals surface area contributed by atoms with Crippen LogP contribution in [0, 0.1) is 0 Å². The Labute approximate surface area is 162 Å². The molecule has 2 aromatic rings. The van der Waals surface area contributed by atoms with Gasteiger partial charge in [-0.3, -0.25) is 14.4 Å². The van der Waals surface area contributed by atoms with Crippen LogP contribution in [-0.2, 0) is 9.53 Å². The summed E-state index contributed by atoms with van der Waals surface area (Å²) in [6, 6.07) is 13.8. The number of benzene rings is 2. The van der Waals surface area contributed by atoms with Crippen LogP contribution in [0.3, 0.4) is 0 Å². The standard InChI is InChI=1S/C20H21NO5S/c1-3-25-18-7-5-4-6-16(18)20(24)21-12-19(23)26-13-17(22)14-8-10-15(27-2)11-9-14/h4-11H,3,12-13H2,1-2H3,(H,21,24). The zero-order valence-corrected chi connectivity index (χ0v) is 16.0. The maximum atomic E-state index is 12.2. The van der Waals surface area contributed by atoms with E-state index in [9.17, 15) is 14.4 Å². The van der Waals surface area contributed by atoms with Gasteiger partial charge in [0.25, 0.3) is 5.91 Å². The van der Waals surface area contributed by atoms with Gasteiger partial charge in [-0.25, -0.2) is 0 Å². The molecule has 0 saturated carbocycles. The average molecular weight is 387 g/mol. The molecule has 0 radical (unpaired) electrons. The first-order chi connectivity index (χ1) is 13.0. The minimum Gasteiger partial charge on any atom is -0.493 e. The van der Waals surface area contributed by atoms with Gasteiger partial charge in [-0.15, -0.1) is 11.8 Å². The Morgan fingerprint density at radius 2 is 1.74 bits per heavy atom. The lowest BCUT2D eigenvalue weighted by atomic mass is 10.1. The molecule has 0 aromatic heterocycles. The molecule has 2 rings (SSSR count). The largest absolute Gasteiger partial charge is 0.493 e. The van der Waals surface area contributed by atoms with Crippen LogP contribution in [0.25, 0.3) is 0 Å². The van der Waals surface area contributed by atoms with E-state index in [0.29, 0.717) is 23.5 Å². The Balaban J connectivity index is 1.82. The molecule has 6 nitrogen and oxygen atoms in total. The minimum absolute atomic E-state index is 0.302. The fourth-order valence-corrected chi connectivity index (χ4v) is 2.65. The number of hydrogen-bond acceptors (Lipinski definition) is 6. The van der Waals surface area contributed by atoms with Gasteiger partial charge in [0, 0.05) is 10.5 Å². The summed E-state index contributed by atoms with van der Waals surface area (Å²) in [6.45, 7) is 1.53. The number of para-hydroxylation sites is 1. The summed E-state index contributed by atoms with van der Waals surface area (Å²) in [5.74, 6) is -1.000. The van der Waals surface area contributed by atoms with E-state index in [1.54, 1.807) is 48.2 Å². The smallest absolute Gasteiger partial charge is 0.325 e. The maximum absolute atomic E-state index is 12.2. The topological polar surface area (TPSA) is 81.7 Å². The zero-order chi connectivity index (χ0) is 19.6. The highest BCUT2D eigenvalue weighted by Gasteiger charge is 2.14. The molecule has 0 aliphatic heterocycles. The second-order valence-electron chi connectivity index (χ2n) is 5.42. The lowest BCUT2D eigenvalue weighted by Gasteiger charge is -2.10. The van der Waals surface area contributed by atoms with Gasteiger partial charge >= 0.3 is 5.97 Å². The van der Waals surface area contributed by atoms with Gasteiger partial charge in [0.1, 0.15) is 12.3 Å². The number of Topliss-reactive ketones (excluding diaryl/α,β-unsaturated/α-hetero) is 1. The fraction of sp³-hybridized carbons (Fsp3) is 0.250. The van der Waals surface area contributed by atoms with E-state index in [2.05, 4.69) is 5.32 Å². The van der Waals surface area contributed by atoms with Gasteiger partial charge in [-0.05, 0) is 37.4 Å². The summed E-state index contributed by atoms with van der Waals surface area (Å²) in [4.78, 5) is 37.1. The van der Waals surface area contributed by atoms with E-state index in [1.165, 1.54) is 0 Å². The number of rotatable bonds is 9. The third kappa shape index (κ3) is 6.14. The van der Waals surface area contributed by atoms with Crippen LogP contribution in [0.5, 0.6) is 5.75 Å². The van der Waals surface area contributed by atoms with Gasteiger partial charge in [0.2, 0.25) is 0 Å². The van der Waals surface area contributed by atoms with Gasteiger partial charge in [-0.1, -0.05) is 24.3 Å². The molecule has 0 heterocycles. The maximum Gasteiger partial charge on any atom is 0.325 e. The molecule has 142 valence electrons. The first kappa shape index (κ1) is 20.5. The van der Waals surface area contributed by atoms with Crippen molar-refractivity contribution in [2.24, 2.45) is 0 Å². The summed E-state index contributed by atoms with van der Waals surface area (Å²) >= 11 is 1.57. The Morgan fingerprint density at radius 1 is 1.04 bits per heavy atom. The van der Waals surface area contributed by atoms with Crippen molar-refractivity contribution in [2.75, 3.05) is 26.0 Å². The number of ether oxygens (including phenoxy) is 2. The van der Waals surface area contributed by atoms with Crippen LogP contribution in [0.4, 0.5) is 0 Å². The predicted molar refractivity (Wildman–Crippen MR) is 103 cm³/mol. The second kappa shape index (κ2) is 10.4. The van der Waals surface area contributed by atoms with E-state index in [-0.39, 0.29) is 18.9 Å². The zero-order valence-electron chi connectivity index (χ0n) is 15.2. The molecule has 0 spiro atoms. The van der Waals surface area contributed by atoms with Crippen molar-refractivity contribution in [1.82, 2.24) is 5.32 Å². The predicted octanol–water partition coefficient (Wildman–Crippen LogP) is 2.96. The first-order valence-corrected chi connectivity index (χ1v) is 9.60. The van der Waals surface area contributed by atoms with Crippen molar-refractivity contribution in [2.45, 2.75) is 11.8 Å². The van der Waals surface area contributed by atoms with E-state index in [1.807, 2.05) is 25.3 Å². The molecule has 0 unspecified atom stereocenters. The number of carbonyl (C=O) groups is 3. The third-order valence-electron chi connectivity index (χ3n) is 3.60. The van der Waals surface area contributed by atoms with Crippen molar-refractivity contribution in [3.05, 3.63) is 59.7 Å². The quantitative estimate of drug-likeness (QED) is 0.405. The fourth-order valence-electron chi connectivity index (χ4n) is 2.24. The normalized spacial score (nSPS) is 10.1. The van der Waals surface area contributed by atoms with Gasteiger partial charge < -0.3 is 14.8 Å². The molecule has 27 heavy (non-hydrogen) atoms. The second-order valence-corrected chi connectivity index (χ2v) is 6.30. The molecule has 1 N–H and O–H groups in total. The Kier molecular flexibility index (Phi) is 7.88. The Hall–Kier alpha value is -2.80. The molecule has 0 saturated heterocycles. The highest BCUT2D eigenvalue weighted by atomic mass is 32.2. The molecule has 0 atom stereocenters. The molecule has 0 aliphatic carbocycles. The molecule has 0 fully saturated rings. The lowest BCUT2D eigenvalue weighted by molar-refractivity contribution is -0.141. The highest BCUT2D eigenvalue weighted by molar-refractivity contribution is 7.98. The third-order valence-corrected chi connectivity index (χ3v) is 4.34. The summed E-state index contributed by atoms with van der Waals surface area (Å²) in [5, 5.41) is 2.47. The van der Waals surface area contributed by atoms with Crippen LogP contribution in [0.2, 0.25) is 0 Å². The summed E-state index contributed by atoms with van der Waals surface area (Å²) in [5.41, 5.74) is 0.799. The molecular weight excluding hydrogens is 366 g/mol. The van der Waals surface area contributed by atoms with Crippen LogP contribution < -0.4 is 10.1 Å². The highest BCUT2D eigenvalue weighted by Crippen LogP contribution is 2.17. The van der Waals surface area contributed by atoms with E-state index >= 15 is 0 Å². The first-order valence-electron chi connectivity index (χ1n) is 8.38. The van der Waals surface area contributed by atoms with Crippen LogP contribution in [0.15, 0.2) is 53.4 Å². The van der Waals surface area contributed by atoms with Crippen LogP contribution in [0.1, 0.15) is 27.6 Å². The van der Waals surface area contributed by atoms with E-state index in [0.717, 1.165) is 4.90 Å². The summed E-state index contributed by atoms with van der Waals surface area (Å²) in [6.07, 6.45) is 1.94. The number of thioether (sulfide) groups is 1. The van der Waals surface area contributed by atoms with E-state index in [4.69, 9.17) is 9.47 Å². The SMILES string of the molecule is CCOc1ccccc1C(=O)NCC(=O)OCC(=O)c1ccc(SC)cc1. The number of nitrogens with one attached hydrogen (secondary N) is 1. The van der Waals surface area contributed by atoms with E-state index < -0.39 is 11.9 Å². The summed E-state index contributed by atoms with van der Waals surface area (Å²) < 4.78 is 10.3. The number of amides is 1. The number of carbonyl (C=O) groups excluding carboxylic acids is 3. The monoisotopic (exact) mass is 387 g/mol. The van der Waals surface area contributed by atoms with Crippen molar-refractivity contribution < 1.29 is 23.9 Å². The van der Waals surface area contributed by atoms with Crippen molar-refractivity contribution >= 4 is 29.4 Å². The Bertz CT molecular complexity index is 804. The molecular formula is C20H21NO5S. The van der Waals surface area contributed by atoms with Gasteiger partial charge in [0.15, 0.2) is 12.4 Å². The van der Waals surface area contributed by atoms with Crippen LogP contribution >= 0.6 is 11.8 Å². The minimum atomic E-state index is -0.689. The molecule has 2 aromatic carbocycles. The van der Waals surface area contributed by atoms with Crippen molar-refractivity contribution in [3.8, 4) is 5.75 Å². The number of ketones is 1. The van der Waals surface area contributed by atoms with Gasteiger partial charge in [-0.2, -0.15) is 0 Å². The van der Waals surface area contributed by atoms with Crippen molar-refractivity contribution in [1.29, 1.82) is 0 Å².